The van der Waals surface area contributed by atoms with Gasteiger partial charge in [-0.1, -0.05) is 55.8 Å². The Balaban J connectivity index is 2.05. The lowest BCUT2D eigenvalue weighted by Gasteiger charge is -2.19. The van der Waals surface area contributed by atoms with Crippen LogP contribution < -0.4 is 5.73 Å². The largest absolute Gasteiger partial charge is 0.441 e. The Morgan fingerprint density at radius 1 is 1.23 bits per heavy atom. The van der Waals surface area contributed by atoms with E-state index >= 15 is 0 Å². The van der Waals surface area contributed by atoms with Crippen LogP contribution in [0.15, 0.2) is 42.5 Å². The standard InChI is InChI=1S/C18H18ClNO2/c1-18(2)10-16(22-17(20)21)14-7-6-12(9-15(14)18)11-4-3-5-13(19)8-11/h3-9,16H,10H2,1-2H3,(H2,20,21). The SMILES string of the molecule is CC1(C)CC(OC(N)=O)c2ccc(-c3cccc(Cl)c3)cc21. The summed E-state index contributed by atoms with van der Waals surface area (Å²) < 4.78 is 5.26. The zero-order valence-corrected chi connectivity index (χ0v) is 13.4. The summed E-state index contributed by atoms with van der Waals surface area (Å²) in [6.07, 6.45) is -0.256. The molecule has 0 saturated carbocycles. The Kier molecular flexibility index (Phi) is 3.61. The Hall–Kier alpha value is -2.00. The average Bonchev–Trinajstić information content (AvgIpc) is 2.69. The van der Waals surface area contributed by atoms with Crippen molar-refractivity contribution in [3.05, 3.63) is 58.6 Å². The zero-order valence-electron chi connectivity index (χ0n) is 12.6. The van der Waals surface area contributed by atoms with Crippen molar-refractivity contribution in [3.63, 3.8) is 0 Å². The second-order valence-corrected chi connectivity index (χ2v) is 6.76. The van der Waals surface area contributed by atoms with E-state index in [1.54, 1.807) is 0 Å². The third kappa shape index (κ3) is 2.69. The minimum atomic E-state index is -0.729. The van der Waals surface area contributed by atoms with Gasteiger partial charge in [-0.2, -0.15) is 0 Å². The van der Waals surface area contributed by atoms with Crippen LogP contribution in [0.1, 0.15) is 37.5 Å². The van der Waals surface area contributed by atoms with Crippen molar-refractivity contribution in [1.82, 2.24) is 0 Å². The molecule has 1 atom stereocenters. The second kappa shape index (κ2) is 5.33. The quantitative estimate of drug-likeness (QED) is 0.863. The molecule has 22 heavy (non-hydrogen) atoms. The highest BCUT2D eigenvalue weighted by Gasteiger charge is 2.38. The van der Waals surface area contributed by atoms with Crippen molar-refractivity contribution in [2.75, 3.05) is 0 Å². The molecular weight excluding hydrogens is 298 g/mol. The van der Waals surface area contributed by atoms with Crippen LogP contribution in [-0.4, -0.2) is 6.09 Å². The first-order chi connectivity index (χ1) is 10.4. The van der Waals surface area contributed by atoms with Gasteiger partial charge in [0, 0.05) is 5.02 Å². The molecule has 0 spiro atoms. The Morgan fingerprint density at radius 3 is 2.64 bits per heavy atom. The summed E-state index contributed by atoms with van der Waals surface area (Å²) >= 11 is 6.08. The van der Waals surface area contributed by atoms with Gasteiger partial charge in [-0.05, 0) is 46.2 Å². The van der Waals surface area contributed by atoms with Gasteiger partial charge in [0.15, 0.2) is 0 Å². The summed E-state index contributed by atoms with van der Waals surface area (Å²) in [6.45, 7) is 4.30. The predicted molar refractivity (Wildman–Crippen MR) is 87.9 cm³/mol. The number of hydrogen-bond acceptors (Lipinski definition) is 2. The van der Waals surface area contributed by atoms with E-state index in [2.05, 4.69) is 19.9 Å². The van der Waals surface area contributed by atoms with Crippen LogP contribution in [0.25, 0.3) is 11.1 Å². The van der Waals surface area contributed by atoms with E-state index in [-0.39, 0.29) is 11.5 Å². The first-order valence-electron chi connectivity index (χ1n) is 7.23. The van der Waals surface area contributed by atoms with Gasteiger partial charge in [-0.15, -0.1) is 0 Å². The normalized spacial score (nSPS) is 18.8. The maximum absolute atomic E-state index is 11.1. The van der Waals surface area contributed by atoms with Crippen LogP contribution >= 0.6 is 11.6 Å². The highest BCUT2D eigenvalue weighted by molar-refractivity contribution is 6.30. The van der Waals surface area contributed by atoms with E-state index in [9.17, 15) is 4.79 Å². The van der Waals surface area contributed by atoms with E-state index in [4.69, 9.17) is 22.1 Å². The number of rotatable bonds is 2. The Morgan fingerprint density at radius 2 is 1.95 bits per heavy atom. The summed E-state index contributed by atoms with van der Waals surface area (Å²) in [5.74, 6) is 0. The van der Waals surface area contributed by atoms with Crippen molar-refractivity contribution >= 4 is 17.7 Å². The van der Waals surface area contributed by atoms with Crippen LogP contribution in [-0.2, 0) is 10.2 Å². The van der Waals surface area contributed by atoms with Gasteiger partial charge in [0.2, 0.25) is 0 Å². The Bertz CT molecular complexity index is 740. The number of halogens is 1. The number of ether oxygens (including phenoxy) is 1. The molecule has 0 heterocycles. The Labute approximate surface area is 135 Å². The molecule has 114 valence electrons. The van der Waals surface area contributed by atoms with Gasteiger partial charge in [-0.3, -0.25) is 0 Å². The van der Waals surface area contributed by atoms with Crippen LogP contribution in [0.2, 0.25) is 5.02 Å². The van der Waals surface area contributed by atoms with Crippen LogP contribution in [0.3, 0.4) is 0 Å². The predicted octanol–water partition coefficient (Wildman–Crippen LogP) is 4.82. The molecule has 3 nitrogen and oxygen atoms in total. The fraction of sp³-hybridized carbons (Fsp3) is 0.278. The van der Waals surface area contributed by atoms with E-state index in [1.165, 1.54) is 5.56 Å². The molecule has 3 rings (SSSR count). The minimum Gasteiger partial charge on any atom is -0.441 e. The van der Waals surface area contributed by atoms with Gasteiger partial charge in [0.25, 0.3) is 0 Å². The number of nitrogens with two attached hydrogens (primary N) is 1. The first-order valence-corrected chi connectivity index (χ1v) is 7.61. The topological polar surface area (TPSA) is 52.3 Å². The molecule has 1 amide bonds. The number of primary amides is 1. The number of hydrogen-bond donors (Lipinski definition) is 1. The molecule has 0 aromatic heterocycles. The monoisotopic (exact) mass is 315 g/mol. The summed E-state index contributed by atoms with van der Waals surface area (Å²) in [5, 5.41) is 0.715. The van der Waals surface area contributed by atoms with Crippen molar-refractivity contribution in [2.24, 2.45) is 5.73 Å². The fourth-order valence-corrected chi connectivity index (χ4v) is 3.39. The summed E-state index contributed by atoms with van der Waals surface area (Å²) in [6, 6.07) is 14.0. The maximum Gasteiger partial charge on any atom is 0.405 e. The molecule has 2 N–H and O–H groups in total. The van der Waals surface area contributed by atoms with Crippen molar-refractivity contribution in [3.8, 4) is 11.1 Å². The first kappa shape index (κ1) is 14.9. The lowest BCUT2D eigenvalue weighted by atomic mass is 9.85. The molecule has 0 fully saturated rings. The summed E-state index contributed by atoms with van der Waals surface area (Å²) in [4.78, 5) is 11.1. The number of amides is 1. The van der Waals surface area contributed by atoms with Gasteiger partial charge in [0.05, 0.1) is 0 Å². The molecule has 1 unspecified atom stereocenters. The molecule has 0 aliphatic heterocycles. The molecule has 1 aliphatic rings. The third-order valence-electron chi connectivity index (χ3n) is 4.24. The van der Waals surface area contributed by atoms with Gasteiger partial charge >= 0.3 is 6.09 Å². The number of benzene rings is 2. The average molecular weight is 316 g/mol. The van der Waals surface area contributed by atoms with Crippen molar-refractivity contribution in [2.45, 2.75) is 31.8 Å². The van der Waals surface area contributed by atoms with Crippen LogP contribution in [0, 0.1) is 0 Å². The zero-order chi connectivity index (χ0) is 15.9. The van der Waals surface area contributed by atoms with E-state index in [1.807, 2.05) is 36.4 Å². The summed E-state index contributed by atoms with van der Waals surface area (Å²) in [7, 11) is 0. The molecule has 0 radical (unpaired) electrons. The van der Waals surface area contributed by atoms with Gasteiger partial charge < -0.3 is 10.5 Å². The van der Waals surface area contributed by atoms with Gasteiger partial charge in [0.1, 0.15) is 6.10 Å². The van der Waals surface area contributed by atoms with Crippen LogP contribution in [0.4, 0.5) is 4.79 Å². The number of carbonyl (C=O) groups excluding carboxylic acids is 1. The summed E-state index contributed by atoms with van der Waals surface area (Å²) in [5.41, 5.74) is 9.52. The lowest BCUT2D eigenvalue weighted by molar-refractivity contribution is 0.0993. The minimum absolute atomic E-state index is 0.0654. The highest BCUT2D eigenvalue weighted by Crippen LogP contribution is 2.47. The molecule has 2 aromatic rings. The number of fused-ring (bicyclic) bond motifs is 1. The van der Waals surface area contributed by atoms with Crippen molar-refractivity contribution < 1.29 is 9.53 Å². The smallest absolute Gasteiger partial charge is 0.405 e. The lowest BCUT2D eigenvalue weighted by Crippen LogP contribution is -2.18. The van der Waals surface area contributed by atoms with E-state index < -0.39 is 6.09 Å². The van der Waals surface area contributed by atoms with Crippen molar-refractivity contribution in [1.29, 1.82) is 0 Å². The van der Waals surface area contributed by atoms with E-state index in [0.717, 1.165) is 23.1 Å². The molecule has 0 saturated heterocycles. The molecule has 2 aromatic carbocycles. The van der Waals surface area contributed by atoms with Crippen LogP contribution in [0.5, 0.6) is 0 Å². The highest BCUT2D eigenvalue weighted by atomic mass is 35.5. The molecule has 1 aliphatic carbocycles. The molecular formula is C18H18ClNO2. The third-order valence-corrected chi connectivity index (χ3v) is 4.48. The number of carbonyl (C=O) groups is 1. The van der Waals surface area contributed by atoms with Gasteiger partial charge in [-0.25, -0.2) is 4.79 Å². The maximum atomic E-state index is 11.1. The molecule has 0 bridgehead atoms. The molecule has 4 heteroatoms. The van der Waals surface area contributed by atoms with E-state index in [0.29, 0.717) is 5.02 Å². The fourth-order valence-electron chi connectivity index (χ4n) is 3.20. The second-order valence-electron chi connectivity index (χ2n) is 6.33.